The molecule has 0 spiro atoms. The van der Waals surface area contributed by atoms with Crippen molar-refractivity contribution in [3.05, 3.63) is 27.7 Å². The van der Waals surface area contributed by atoms with E-state index in [9.17, 15) is 13.2 Å². The molecule has 2 rings (SSSR count). The van der Waals surface area contributed by atoms with Gasteiger partial charge in [-0.05, 0) is 31.0 Å². The standard InChI is InChI=1S/C12H14BrClN2O3S/c13-9-3-4-11(10(14)7-9)20(18,19)15-8-12(17)16-5-1-2-6-16/h3-4,7,15H,1-2,5-6,8H2. The molecule has 0 atom stereocenters. The molecule has 0 bridgehead atoms. The molecule has 5 nitrogen and oxygen atoms in total. The lowest BCUT2D eigenvalue weighted by molar-refractivity contribution is -0.128. The van der Waals surface area contributed by atoms with Gasteiger partial charge in [-0.15, -0.1) is 0 Å². The number of carbonyl (C=O) groups is 1. The van der Waals surface area contributed by atoms with E-state index in [1.54, 1.807) is 11.0 Å². The van der Waals surface area contributed by atoms with Gasteiger partial charge in [-0.3, -0.25) is 4.79 Å². The summed E-state index contributed by atoms with van der Waals surface area (Å²) < 4.78 is 27.2. The van der Waals surface area contributed by atoms with Gasteiger partial charge in [-0.1, -0.05) is 27.5 Å². The first-order valence-corrected chi connectivity index (χ1v) is 8.78. The maximum absolute atomic E-state index is 12.1. The van der Waals surface area contributed by atoms with Crippen molar-refractivity contribution in [1.29, 1.82) is 0 Å². The number of rotatable bonds is 4. The largest absolute Gasteiger partial charge is 0.342 e. The number of nitrogens with one attached hydrogen (secondary N) is 1. The minimum absolute atomic E-state index is 0.0309. The van der Waals surface area contributed by atoms with Crippen LogP contribution in [0.4, 0.5) is 0 Å². The van der Waals surface area contributed by atoms with Gasteiger partial charge in [0, 0.05) is 17.6 Å². The second kappa shape index (κ2) is 6.43. The molecule has 1 aromatic rings. The third-order valence-electron chi connectivity index (χ3n) is 3.06. The van der Waals surface area contributed by atoms with Crippen LogP contribution in [0.2, 0.25) is 5.02 Å². The van der Waals surface area contributed by atoms with Gasteiger partial charge in [0.15, 0.2) is 0 Å². The lowest BCUT2D eigenvalue weighted by atomic mass is 10.4. The zero-order chi connectivity index (χ0) is 14.8. The Hall–Kier alpha value is -0.630. The first kappa shape index (κ1) is 15.8. The summed E-state index contributed by atoms with van der Waals surface area (Å²) in [6, 6.07) is 4.48. The van der Waals surface area contributed by atoms with Crippen LogP contribution in [0.3, 0.4) is 0 Å². The number of carbonyl (C=O) groups excluding carboxylic acids is 1. The summed E-state index contributed by atoms with van der Waals surface area (Å²) in [7, 11) is -3.78. The summed E-state index contributed by atoms with van der Waals surface area (Å²) in [5.41, 5.74) is 0. The van der Waals surface area contributed by atoms with Gasteiger partial charge in [-0.25, -0.2) is 13.1 Å². The summed E-state index contributed by atoms with van der Waals surface area (Å²) in [6.07, 6.45) is 1.94. The van der Waals surface area contributed by atoms with Crippen molar-refractivity contribution in [2.24, 2.45) is 0 Å². The van der Waals surface area contributed by atoms with Crippen LogP contribution in [0.1, 0.15) is 12.8 Å². The first-order valence-electron chi connectivity index (χ1n) is 6.12. The molecule has 1 aliphatic rings. The van der Waals surface area contributed by atoms with Gasteiger partial charge < -0.3 is 4.90 Å². The van der Waals surface area contributed by atoms with Gasteiger partial charge in [-0.2, -0.15) is 0 Å². The Morgan fingerprint density at radius 3 is 2.60 bits per heavy atom. The summed E-state index contributed by atoms with van der Waals surface area (Å²) in [5, 5.41) is 0.112. The average Bonchev–Trinajstić information content (AvgIpc) is 2.89. The third-order valence-corrected chi connectivity index (χ3v) is 5.43. The fourth-order valence-electron chi connectivity index (χ4n) is 2.01. The summed E-state index contributed by atoms with van der Waals surface area (Å²) >= 11 is 9.12. The van der Waals surface area contributed by atoms with Crippen molar-refractivity contribution in [3.8, 4) is 0 Å². The van der Waals surface area contributed by atoms with Gasteiger partial charge in [0.2, 0.25) is 15.9 Å². The summed E-state index contributed by atoms with van der Waals surface area (Å²) in [5.74, 6) is -0.209. The average molecular weight is 382 g/mol. The van der Waals surface area contributed by atoms with E-state index in [1.807, 2.05) is 0 Å². The normalized spacial score (nSPS) is 15.6. The van der Waals surface area contributed by atoms with Crippen molar-refractivity contribution in [1.82, 2.24) is 9.62 Å². The Labute approximate surface area is 131 Å². The topological polar surface area (TPSA) is 66.5 Å². The molecule has 0 aromatic heterocycles. The number of nitrogens with zero attached hydrogens (tertiary/aromatic N) is 1. The Morgan fingerprint density at radius 1 is 1.35 bits per heavy atom. The molecular weight excluding hydrogens is 368 g/mol. The molecule has 1 heterocycles. The predicted octanol–water partition coefficient (Wildman–Crippen LogP) is 2.00. The first-order chi connectivity index (χ1) is 9.40. The molecule has 0 saturated carbocycles. The molecule has 20 heavy (non-hydrogen) atoms. The van der Waals surface area contributed by atoms with Crippen LogP contribution >= 0.6 is 27.5 Å². The maximum Gasteiger partial charge on any atom is 0.242 e. The number of hydrogen-bond donors (Lipinski definition) is 1. The smallest absolute Gasteiger partial charge is 0.242 e. The summed E-state index contributed by atoms with van der Waals surface area (Å²) in [6.45, 7) is 1.15. The highest BCUT2D eigenvalue weighted by molar-refractivity contribution is 9.10. The van der Waals surface area contributed by atoms with Crippen LogP contribution in [0.5, 0.6) is 0 Å². The fourth-order valence-corrected chi connectivity index (χ4v) is 4.02. The second-order valence-electron chi connectivity index (χ2n) is 4.49. The molecule has 1 fully saturated rings. The van der Waals surface area contributed by atoms with Crippen LogP contribution < -0.4 is 4.72 Å². The Morgan fingerprint density at radius 2 is 2.00 bits per heavy atom. The zero-order valence-corrected chi connectivity index (χ0v) is 13.8. The Kier molecular flexibility index (Phi) is 5.06. The van der Waals surface area contributed by atoms with Gasteiger partial charge in [0.05, 0.1) is 11.6 Å². The SMILES string of the molecule is O=C(CNS(=O)(=O)c1ccc(Br)cc1Cl)N1CCCC1. The number of benzene rings is 1. The fraction of sp³-hybridized carbons (Fsp3) is 0.417. The van der Waals surface area contributed by atoms with E-state index >= 15 is 0 Å². The van der Waals surface area contributed by atoms with Crippen LogP contribution in [0.15, 0.2) is 27.6 Å². The predicted molar refractivity (Wildman–Crippen MR) is 80.2 cm³/mol. The molecule has 1 aliphatic heterocycles. The molecule has 1 amide bonds. The van der Waals surface area contributed by atoms with Crippen LogP contribution in [-0.4, -0.2) is 38.9 Å². The van der Waals surface area contributed by atoms with Gasteiger partial charge in [0.1, 0.15) is 4.90 Å². The van der Waals surface area contributed by atoms with Crippen LogP contribution in [-0.2, 0) is 14.8 Å². The van der Waals surface area contributed by atoms with Crippen molar-refractivity contribution >= 4 is 43.5 Å². The van der Waals surface area contributed by atoms with Gasteiger partial charge >= 0.3 is 0 Å². The van der Waals surface area contributed by atoms with Gasteiger partial charge in [0.25, 0.3) is 0 Å². The minimum atomic E-state index is -3.78. The quantitative estimate of drug-likeness (QED) is 0.867. The highest BCUT2D eigenvalue weighted by Gasteiger charge is 2.22. The molecule has 1 aromatic carbocycles. The monoisotopic (exact) mass is 380 g/mol. The molecule has 0 aliphatic carbocycles. The molecule has 0 radical (unpaired) electrons. The molecule has 1 N–H and O–H groups in total. The highest BCUT2D eigenvalue weighted by atomic mass is 79.9. The molecule has 0 unspecified atom stereocenters. The summed E-state index contributed by atoms with van der Waals surface area (Å²) in [4.78, 5) is 13.4. The molecule has 1 saturated heterocycles. The molecular formula is C12H14BrClN2O3S. The van der Waals surface area contributed by atoms with E-state index in [0.29, 0.717) is 17.6 Å². The lowest BCUT2D eigenvalue weighted by Crippen LogP contribution is -2.38. The number of amides is 1. The van der Waals surface area contributed by atoms with E-state index in [4.69, 9.17) is 11.6 Å². The Bertz CT molecular complexity index is 615. The van der Waals surface area contributed by atoms with Crippen LogP contribution in [0, 0.1) is 0 Å². The van der Waals surface area contributed by atoms with E-state index in [0.717, 1.165) is 12.8 Å². The zero-order valence-electron chi connectivity index (χ0n) is 10.6. The Balaban J connectivity index is 2.05. The van der Waals surface area contributed by atoms with E-state index in [2.05, 4.69) is 20.7 Å². The number of likely N-dealkylation sites (tertiary alicyclic amines) is 1. The number of hydrogen-bond acceptors (Lipinski definition) is 3. The van der Waals surface area contributed by atoms with E-state index in [-0.39, 0.29) is 22.4 Å². The minimum Gasteiger partial charge on any atom is -0.342 e. The maximum atomic E-state index is 12.1. The highest BCUT2D eigenvalue weighted by Crippen LogP contribution is 2.24. The van der Waals surface area contributed by atoms with E-state index < -0.39 is 10.0 Å². The number of halogens is 2. The van der Waals surface area contributed by atoms with Crippen molar-refractivity contribution in [3.63, 3.8) is 0 Å². The van der Waals surface area contributed by atoms with E-state index in [1.165, 1.54) is 12.1 Å². The molecule has 110 valence electrons. The second-order valence-corrected chi connectivity index (χ2v) is 7.55. The molecule has 8 heteroatoms. The van der Waals surface area contributed by atoms with Crippen molar-refractivity contribution in [2.45, 2.75) is 17.7 Å². The third kappa shape index (κ3) is 3.72. The van der Waals surface area contributed by atoms with Crippen LogP contribution in [0.25, 0.3) is 0 Å². The number of sulfonamides is 1. The van der Waals surface area contributed by atoms with Crippen molar-refractivity contribution in [2.75, 3.05) is 19.6 Å². The lowest BCUT2D eigenvalue weighted by Gasteiger charge is -2.15. The van der Waals surface area contributed by atoms with Crippen molar-refractivity contribution < 1.29 is 13.2 Å².